The van der Waals surface area contributed by atoms with Gasteiger partial charge in [0.2, 0.25) is 0 Å². The summed E-state index contributed by atoms with van der Waals surface area (Å²) in [6.45, 7) is 0. The zero-order valence-corrected chi connectivity index (χ0v) is 11.2. The van der Waals surface area contributed by atoms with E-state index in [1.807, 2.05) is 0 Å². The van der Waals surface area contributed by atoms with E-state index in [2.05, 4.69) is 18.2 Å². The van der Waals surface area contributed by atoms with Crippen molar-refractivity contribution in [1.29, 1.82) is 0 Å². The van der Waals surface area contributed by atoms with Crippen LogP contribution in [0.3, 0.4) is 0 Å². The van der Waals surface area contributed by atoms with Gasteiger partial charge in [0.15, 0.2) is 0 Å². The second-order valence-corrected chi connectivity index (χ2v) is 5.49. The molecule has 1 aliphatic rings. The number of alkyl halides is 3. The van der Waals surface area contributed by atoms with Crippen LogP contribution in [0.15, 0.2) is 18.2 Å². The van der Waals surface area contributed by atoms with Crippen LogP contribution in [0.5, 0.6) is 0 Å². The summed E-state index contributed by atoms with van der Waals surface area (Å²) in [4.78, 5) is 0. The number of benzene rings is 1. The monoisotopic (exact) mass is 270 g/mol. The summed E-state index contributed by atoms with van der Waals surface area (Å²) in [6, 6.07) is 6.62. The lowest BCUT2D eigenvalue weighted by atomic mass is 9.89. The number of hydrogen-bond acceptors (Lipinski definition) is 0. The van der Waals surface area contributed by atoms with E-state index in [0.29, 0.717) is 6.42 Å². The maximum absolute atomic E-state index is 12.0. The summed E-state index contributed by atoms with van der Waals surface area (Å²) in [7, 11) is 0. The van der Waals surface area contributed by atoms with Crippen molar-refractivity contribution in [3.8, 4) is 0 Å². The highest BCUT2D eigenvalue weighted by molar-refractivity contribution is 5.33. The molecule has 106 valence electrons. The van der Waals surface area contributed by atoms with E-state index in [1.54, 1.807) is 0 Å². The fourth-order valence-electron chi connectivity index (χ4n) is 2.77. The van der Waals surface area contributed by atoms with Gasteiger partial charge in [-0.05, 0) is 61.6 Å². The van der Waals surface area contributed by atoms with Crippen LogP contribution in [0.25, 0.3) is 0 Å². The zero-order chi connectivity index (χ0) is 13.7. The first-order valence-corrected chi connectivity index (χ1v) is 7.22. The molecule has 0 atom stereocenters. The second kappa shape index (κ2) is 6.44. The van der Waals surface area contributed by atoms with Crippen LogP contribution in [-0.2, 0) is 19.3 Å². The lowest BCUT2D eigenvalue weighted by Gasteiger charge is -2.16. The van der Waals surface area contributed by atoms with Gasteiger partial charge in [-0.15, -0.1) is 0 Å². The number of aryl methyl sites for hydroxylation is 3. The van der Waals surface area contributed by atoms with Gasteiger partial charge in [-0.3, -0.25) is 0 Å². The number of fused-ring (bicyclic) bond motifs is 1. The highest BCUT2D eigenvalue weighted by atomic mass is 19.4. The maximum Gasteiger partial charge on any atom is 0.389 e. The average molecular weight is 270 g/mol. The molecule has 19 heavy (non-hydrogen) atoms. The van der Waals surface area contributed by atoms with E-state index >= 15 is 0 Å². The molecule has 1 aliphatic carbocycles. The third kappa shape index (κ3) is 4.88. The predicted molar refractivity (Wildman–Crippen MR) is 71.3 cm³/mol. The molecule has 0 unspecified atom stereocenters. The fourth-order valence-corrected chi connectivity index (χ4v) is 2.77. The Morgan fingerprint density at radius 3 is 2.37 bits per heavy atom. The minimum absolute atomic E-state index is 0.258. The van der Waals surface area contributed by atoms with Gasteiger partial charge in [0.05, 0.1) is 0 Å². The molecule has 2 rings (SSSR count). The molecule has 0 radical (unpaired) electrons. The van der Waals surface area contributed by atoms with Gasteiger partial charge in [-0.1, -0.05) is 24.6 Å². The average Bonchev–Trinajstić information content (AvgIpc) is 2.37. The number of rotatable bonds is 5. The minimum Gasteiger partial charge on any atom is -0.171 e. The van der Waals surface area contributed by atoms with Gasteiger partial charge in [0.25, 0.3) is 0 Å². The number of hydrogen-bond donors (Lipinski definition) is 0. The van der Waals surface area contributed by atoms with E-state index in [9.17, 15) is 13.2 Å². The van der Waals surface area contributed by atoms with Crippen molar-refractivity contribution in [2.45, 2.75) is 64.0 Å². The molecular formula is C16H21F3. The first-order valence-electron chi connectivity index (χ1n) is 7.22. The first-order chi connectivity index (χ1) is 9.04. The molecule has 0 nitrogen and oxygen atoms in total. The Kier molecular flexibility index (Phi) is 4.89. The lowest BCUT2D eigenvalue weighted by Crippen LogP contribution is -2.06. The Morgan fingerprint density at radius 2 is 1.63 bits per heavy atom. The molecule has 0 bridgehead atoms. The van der Waals surface area contributed by atoms with Crippen LogP contribution in [0, 0.1) is 0 Å². The summed E-state index contributed by atoms with van der Waals surface area (Å²) < 4.78 is 36.0. The van der Waals surface area contributed by atoms with Crippen LogP contribution in [-0.4, -0.2) is 6.18 Å². The Bertz CT molecular complexity index is 407. The molecule has 1 aromatic rings. The van der Waals surface area contributed by atoms with Crippen molar-refractivity contribution < 1.29 is 13.2 Å². The van der Waals surface area contributed by atoms with E-state index in [-0.39, 0.29) is 6.42 Å². The summed E-state index contributed by atoms with van der Waals surface area (Å²) in [5.41, 5.74) is 4.21. The van der Waals surface area contributed by atoms with Crippen LogP contribution in [0.1, 0.15) is 55.2 Å². The maximum atomic E-state index is 12.0. The Labute approximate surface area is 113 Å². The van der Waals surface area contributed by atoms with Crippen LogP contribution in [0.2, 0.25) is 0 Å². The number of halogens is 3. The summed E-state index contributed by atoms with van der Waals surface area (Å²) >= 11 is 0. The highest BCUT2D eigenvalue weighted by Gasteiger charge is 2.25. The van der Waals surface area contributed by atoms with Crippen molar-refractivity contribution in [2.75, 3.05) is 0 Å². The van der Waals surface area contributed by atoms with E-state index in [1.165, 1.54) is 36.0 Å². The molecule has 0 aromatic heterocycles. The molecule has 0 N–H and O–H groups in total. The van der Waals surface area contributed by atoms with Crippen LogP contribution >= 0.6 is 0 Å². The van der Waals surface area contributed by atoms with Crippen LogP contribution < -0.4 is 0 Å². The minimum atomic E-state index is -3.99. The Hall–Kier alpha value is -0.990. The van der Waals surface area contributed by atoms with Crippen molar-refractivity contribution in [3.05, 3.63) is 34.9 Å². The van der Waals surface area contributed by atoms with Gasteiger partial charge in [0.1, 0.15) is 0 Å². The van der Waals surface area contributed by atoms with E-state index in [0.717, 1.165) is 19.3 Å². The largest absolute Gasteiger partial charge is 0.389 e. The third-order valence-corrected chi connectivity index (χ3v) is 3.84. The number of unbranched alkanes of at least 4 members (excludes halogenated alkanes) is 2. The van der Waals surface area contributed by atoms with E-state index < -0.39 is 12.6 Å². The summed E-state index contributed by atoms with van der Waals surface area (Å²) in [5.74, 6) is 0. The molecule has 0 amide bonds. The third-order valence-electron chi connectivity index (χ3n) is 3.84. The quantitative estimate of drug-likeness (QED) is 0.643. The van der Waals surface area contributed by atoms with Crippen LogP contribution in [0.4, 0.5) is 13.2 Å². The normalized spacial score (nSPS) is 15.3. The van der Waals surface area contributed by atoms with E-state index in [4.69, 9.17) is 0 Å². The lowest BCUT2D eigenvalue weighted by molar-refractivity contribution is -0.135. The van der Waals surface area contributed by atoms with Crippen molar-refractivity contribution in [2.24, 2.45) is 0 Å². The first kappa shape index (κ1) is 14.4. The Balaban J connectivity index is 1.74. The van der Waals surface area contributed by atoms with Crippen molar-refractivity contribution in [1.82, 2.24) is 0 Å². The molecule has 0 spiro atoms. The predicted octanol–water partition coefficient (Wildman–Crippen LogP) is 5.23. The molecule has 0 fully saturated rings. The molecule has 0 saturated carbocycles. The topological polar surface area (TPSA) is 0 Å². The van der Waals surface area contributed by atoms with Gasteiger partial charge in [0, 0.05) is 6.42 Å². The van der Waals surface area contributed by atoms with Gasteiger partial charge in [-0.25, -0.2) is 0 Å². The smallest absolute Gasteiger partial charge is 0.171 e. The summed E-state index contributed by atoms with van der Waals surface area (Å²) in [5, 5.41) is 0. The van der Waals surface area contributed by atoms with Gasteiger partial charge in [-0.2, -0.15) is 13.2 Å². The summed E-state index contributed by atoms with van der Waals surface area (Å²) in [6.07, 6.45) is 2.94. The SMILES string of the molecule is FC(F)(F)CCCCCc1ccc2c(c1)CCCC2. The molecule has 3 heteroatoms. The van der Waals surface area contributed by atoms with Gasteiger partial charge < -0.3 is 0 Å². The van der Waals surface area contributed by atoms with Crippen molar-refractivity contribution >= 4 is 0 Å². The van der Waals surface area contributed by atoms with Crippen molar-refractivity contribution in [3.63, 3.8) is 0 Å². The molecule has 0 heterocycles. The fraction of sp³-hybridized carbons (Fsp3) is 0.625. The molecule has 0 aliphatic heterocycles. The molecule has 0 saturated heterocycles. The second-order valence-electron chi connectivity index (χ2n) is 5.49. The molecule has 1 aromatic carbocycles. The Morgan fingerprint density at radius 1 is 0.895 bits per heavy atom. The zero-order valence-electron chi connectivity index (χ0n) is 11.2. The highest BCUT2D eigenvalue weighted by Crippen LogP contribution is 2.24. The van der Waals surface area contributed by atoms with Gasteiger partial charge >= 0.3 is 6.18 Å². The molecular weight excluding hydrogens is 249 g/mol. The standard InChI is InChI=1S/C16H21F3/c17-16(18,19)11-5-1-2-6-13-9-10-14-7-3-4-8-15(14)12-13/h9-10,12H,1-8,11H2.